The summed E-state index contributed by atoms with van der Waals surface area (Å²) in [6, 6.07) is 17.5. The third-order valence-corrected chi connectivity index (χ3v) is 7.70. The number of benzene rings is 2. The molecule has 0 radical (unpaired) electrons. The molecule has 0 unspecified atom stereocenters. The van der Waals surface area contributed by atoms with Crippen LogP contribution in [-0.2, 0) is 10.8 Å². The summed E-state index contributed by atoms with van der Waals surface area (Å²) in [5.41, 5.74) is 7.88. The Kier molecular flexibility index (Phi) is 6.92. The largest absolute Gasteiger partial charge is 0.344 e. The highest BCUT2D eigenvalue weighted by Crippen LogP contribution is 2.47. The molecule has 3 heteroatoms. The number of anilines is 1. The summed E-state index contributed by atoms with van der Waals surface area (Å²) in [5.74, 6) is 0. The number of hydrogen-bond donors (Lipinski definition) is 0. The van der Waals surface area contributed by atoms with E-state index in [1.54, 1.807) is 0 Å². The summed E-state index contributed by atoms with van der Waals surface area (Å²) in [6.07, 6.45) is 10.9. The molecular formula is C31H38ClN2+. The maximum atomic E-state index is 6.77. The Balaban J connectivity index is 1.66. The average molecular weight is 474 g/mol. The van der Waals surface area contributed by atoms with Crippen LogP contribution in [0.3, 0.4) is 0 Å². The van der Waals surface area contributed by atoms with E-state index in [-0.39, 0.29) is 10.8 Å². The minimum absolute atomic E-state index is 0.0508. The predicted molar refractivity (Wildman–Crippen MR) is 148 cm³/mol. The number of hydrogen-bond acceptors (Lipinski definition) is 1. The number of unbranched alkanes of at least 4 members (excludes halogenated alkanes) is 1. The Morgan fingerprint density at radius 1 is 0.941 bits per heavy atom. The van der Waals surface area contributed by atoms with Crippen LogP contribution in [0.15, 0.2) is 83.6 Å². The third-order valence-electron chi connectivity index (χ3n) is 7.45. The van der Waals surface area contributed by atoms with E-state index >= 15 is 0 Å². The molecule has 0 aliphatic carbocycles. The van der Waals surface area contributed by atoms with E-state index in [4.69, 9.17) is 11.6 Å². The number of rotatable bonds is 7. The van der Waals surface area contributed by atoms with Crippen molar-refractivity contribution in [2.45, 2.75) is 65.2 Å². The Bertz CT molecular complexity index is 1190. The lowest BCUT2D eigenvalue weighted by molar-refractivity contribution is -0.438. The fourth-order valence-electron chi connectivity index (χ4n) is 5.55. The van der Waals surface area contributed by atoms with E-state index in [2.05, 4.69) is 124 Å². The van der Waals surface area contributed by atoms with Crippen molar-refractivity contribution in [2.75, 3.05) is 18.0 Å². The first-order chi connectivity index (χ1) is 16.2. The molecule has 2 heterocycles. The van der Waals surface area contributed by atoms with Crippen LogP contribution in [0.1, 0.15) is 65.5 Å². The quantitative estimate of drug-likeness (QED) is 0.290. The van der Waals surface area contributed by atoms with Gasteiger partial charge in [0.25, 0.3) is 0 Å². The van der Waals surface area contributed by atoms with Gasteiger partial charge in [0.15, 0.2) is 5.71 Å². The second-order valence-electron chi connectivity index (χ2n) is 10.4. The van der Waals surface area contributed by atoms with E-state index < -0.39 is 0 Å². The van der Waals surface area contributed by atoms with Crippen molar-refractivity contribution in [3.63, 3.8) is 0 Å². The zero-order valence-corrected chi connectivity index (χ0v) is 22.3. The van der Waals surface area contributed by atoms with Crippen molar-refractivity contribution in [1.82, 2.24) is 0 Å². The van der Waals surface area contributed by atoms with Gasteiger partial charge in [-0.25, -0.2) is 0 Å². The molecule has 2 nitrogen and oxygen atoms in total. The summed E-state index contributed by atoms with van der Waals surface area (Å²) in [7, 11) is 0. The molecule has 0 N–H and O–H groups in total. The second-order valence-corrected chi connectivity index (χ2v) is 10.8. The fourth-order valence-corrected chi connectivity index (χ4v) is 5.68. The Labute approximate surface area is 211 Å². The van der Waals surface area contributed by atoms with Crippen molar-refractivity contribution < 1.29 is 4.58 Å². The molecule has 0 saturated carbocycles. The maximum Gasteiger partial charge on any atom is 0.209 e. The van der Waals surface area contributed by atoms with Gasteiger partial charge in [0.2, 0.25) is 5.69 Å². The van der Waals surface area contributed by atoms with Gasteiger partial charge in [-0.15, -0.1) is 0 Å². The molecule has 34 heavy (non-hydrogen) atoms. The van der Waals surface area contributed by atoms with Crippen molar-refractivity contribution in [1.29, 1.82) is 0 Å². The topological polar surface area (TPSA) is 6.25 Å². The highest BCUT2D eigenvalue weighted by atomic mass is 35.5. The van der Waals surface area contributed by atoms with Crippen molar-refractivity contribution in [2.24, 2.45) is 0 Å². The van der Waals surface area contributed by atoms with Crippen molar-refractivity contribution >= 4 is 28.7 Å². The summed E-state index contributed by atoms with van der Waals surface area (Å²) in [6.45, 7) is 15.6. The number of halogens is 1. The molecule has 0 fully saturated rings. The summed E-state index contributed by atoms with van der Waals surface area (Å²) in [5, 5.41) is 0.741. The highest BCUT2D eigenvalue weighted by Gasteiger charge is 2.43. The lowest BCUT2D eigenvalue weighted by Crippen LogP contribution is -2.27. The number of allylic oxidation sites excluding steroid dienone is 6. The van der Waals surface area contributed by atoms with Gasteiger partial charge in [0, 0.05) is 52.5 Å². The van der Waals surface area contributed by atoms with Crippen LogP contribution in [0.2, 0.25) is 0 Å². The Morgan fingerprint density at radius 3 is 2.32 bits per heavy atom. The SMILES string of the molecule is CCCC[N+]1=C(/C=C/C(Cl)=C/C=C2/N(CC)c3ccccc3C2(C)C)C(C)(C)c2ccccc21. The van der Waals surface area contributed by atoms with Crippen LogP contribution in [0.25, 0.3) is 0 Å². The van der Waals surface area contributed by atoms with Crippen LogP contribution in [0, 0.1) is 0 Å². The molecular weight excluding hydrogens is 436 g/mol. The standard InChI is InChI=1S/C31H38ClN2/c1-7-9-22-34-27-17-13-11-15-25(27)31(5,6)29(34)21-19-23(32)18-20-28-30(3,4)24-14-10-12-16-26(24)33(28)8-2/h10-21H,7-9,22H2,1-6H3/q+1. The van der Waals surface area contributed by atoms with E-state index in [0.717, 1.165) is 18.1 Å². The molecule has 2 aliphatic rings. The monoisotopic (exact) mass is 473 g/mol. The first-order valence-electron chi connectivity index (χ1n) is 12.6. The zero-order valence-electron chi connectivity index (χ0n) is 21.5. The molecule has 0 amide bonds. The Hall–Kier alpha value is -2.58. The number of para-hydroxylation sites is 2. The minimum Gasteiger partial charge on any atom is -0.344 e. The molecule has 0 bridgehead atoms. The number of likely N-dealkylation sites (N-methyl/N-ethyl adjacent to an activating group) is 1. The van der Waals surface area contributed by atoms with Crippen LogP contribution in [-0.4, -0.2) is 23.4 Å². The summed E-state index contributed by atoms with van der Waals surface area (Å²) in [4.78, 5) is 2.40. The van der Waals surface area contributed by atoms with Gasteiger partial charge in [-0.2, -0.15) is 4.58 Å². The smallest absolute Gasteiger partial charge is 0.209 e. The van der Waals surface area contributed by atoms with Crippen LogP contribution < -0.4 is 4.90 Å². The fraction of sp³-hybridized carbons (Fsp3) is 0.387. The number of fused-ring (bicyclic) bond motifs is 2. The lowest BCUT2D eigenvalue weighted by atomic mass is 9.81. The Morgan fingerprint density at radius 2 is 1.62 bits per heavy atom. The maximum absolute atomic E-state index is 6.77. The van der Waals surface area contributed by atoms with Crippen molar-refractivity contribution in [3.8, 4) is 0 Å². The molecule has 4 rings (SSSR count). The van der Waals surface area contributed by atoms with Crippen molar-refractivity contribution in [3.05, 3.63) is 94.7 Å². The molecule has 0 spiro atoms. The molecule has 2 aliphatic heterocycles. The second kappa shape index (κ2) is 9.58. The van der Waals surface area contributed by atoms with E-state index in [1.807, 2.05) is 0 Å². The third kappa shape index (κ3) is 4.18. The van der Waals surface area contributed by atoms with Gasteiger partial charge in [-0.1, -0.05) is 75.2 Å². The minimum atomic E-state index is -0.0510. The van der Waals surface area contributed by atoms with Crippen LogP contribution >= 0.6 is 11.6 Å². The van der Waals surface area contributed by atoms with Gasteiger partial charge in [-0.3, -0.25) is 0 Å². The summed E-state index contributed by atoms with van der Waals surface area (Å²) < 4.78 is 2.48. The molecule has 178 valence electrons. The van der Waals surface area contributed by atoms with Gasteiger partial charge in [0.1, 0.15) is 6.54 Å². The van der Waals surface area contributed by atoms with E-state index in [1.165, 1.54) is 46.8 Å². The van der Waals surface area contributed by atoms with Gasteiger partial charge in [0.05, 0.1) is 5.41 Å². The first-order valence-corrected chi connectivity index (χ1v) is 13.0. The van der Waals surface area contributed by atoms with Crippen LogP contribution in [0.4, 0.5) is 11.4 Å². The van der Waals surface area contributed by atoms with Gasteiger partial charge in [-0.05, 0) is 50.6 Å². The summed E-state index contributed by atoms with van der Waals surface area (Å²) >= 11 is 6.77. The predicted octanol–water partition coefficient (Wildman–Crippen LogP) is 8.24. The molecule has 2 aromatic rings. The van der Waals surface area contributed by atoms with Gasteiger partial charge < -0.3 is 4.90 Å². The molecule has 2 aromatic carbocycles. The first kappa shape index (κ1) is 24.5. The van der Waals surface area contributed by atoms with Gasteiger partial charge >= 0.3 is 0 Å². The highest BCUT2D eigenvalue weighted by molar-refractivity contribution is 6.31. The van der Waals surface area contributed by atoms with E-state index in [9.17, 15) is 0 Å². The average Bonchev–Trinajstić information content (AvgIpc) is 3.18. The molecule has 0 atom stereocenters. The van der Waals surface area contributed by atoms with E-state index in [0.29, 0.717) is 0 Å². The van der Waals surface area contributed by atoms with Crippen LogP contribution in [0.5, 0.6) is 0 Å². The zero-order chi connectivity index (χ0) is 24.5. The molecule has 0 saturated heterocycles. The molecule has 0 aromatic heterocycles. The lowest BCUT2D eigenvalue weighted by Gasteiger charge is -2.25. The number of nitrogens with zero attached hydrogens (tertiary/aromatic N) is 2. The normalized spacial score (nSPS) is 19.9.